The molecule has 5 nitrogen and oxygen atoms in total. The molecule has 2 aliphatic heterocycles. The SMILES string of the molecule is Cc1c2c(cc3c1O/C(=C\c1ccccn1)C3=O)CN(Cc1ccccc1Cl)CO2. The molecular weight excluding hydrogens is 400 g/mol. The van der Waals surface area contributed by atoms with Gasteiger partial charge in [-0.2, -0.15) is 0 Å². The molecule has 0 saturated carbocycles. The summed E-state index contributed by atoms with van der Waals surface area (Å²) in [5.41, 5.74) is 4.11. The number of pyridine rings is 1. The summed E-state index contributed by atoms with van der Waals surface area (Å²) < 4.78 is 12.0. The zero-order valence-electron chi connectivity index (χ0n) is 16.4. The second-order valence-electron chi connectivity index (χ2n) is 7.41. The molecule has 2 aromatic carbocycles. The van der Waals surface area contributed by atoms with Gasteiger partial charge in [-0.3, -0.25) is 14.7 Å². The molecule has 3 heterocycles. The van der Waals surface area contributed by atoms with Crippen molar-refractivity contribution < 1.29 is 14.3 Å². The minimum absolute atomic E-state index is 0.134. The summed E-state index contributed by atoms with van der Waals surface area (Å²) in [5, 5.41) is 0.737. The average Bonchev–Trinajstić information content (AvgIpc) is 3.06. The number of nitrogens with zero attached hydrogens (tertiary/aromatic N) is 2. The van der Waals surface area contributed by atoms with Crippen molar-refractivity contribution in [3.8, 4) is 11.5 Å². The van der Waals surface area contributed by atoms with E-state index in [2.05, 4.69) is 9.88 Å². The molecule has 150 valence electrons. The molecule has 0 radical (unpaired) electrons. The van der Waals surface area contributed by atoms with E-state index < -0.39 is 0 Å². The third kappa shape index (κ3) is 3.36. The Balaban J connectivity index is 1.43. The summed E-state index contributed by atoms with van der Waals surface area (Å²) in [7, 11) is 0. The van der Waals surface area contributed by atoms with Crippen LogP contribution in [-0.4, -0.2) is 22.4 Å². The third-order valence-electron chi connectivity index (χ3n) is 5.32. The Labute approximate surface area is 179 Å². The molecule has 1 aromatic heterocycles. The Morgan fingerprint density at radius 2 is 2.00 bits per heavy atom. The Bertz CT molecular complexity index is 1170. The number of Topliss-reactive ketones (excluding diaryl/α,β-unsaturated/α-hetero) is 1. The number of ether oxygens (including phenoxy) is 2. The average molecular weight is 419 g/mol. The van der Waals surface area contributed by atoms with Gasteiger partial charge in [0.05, 0.1) is 11.3 Å². The largest absolute Gasteiger partial charge is 0.477 e. The predicted octanol–water partition coefficient (Wildman–Crippen LogP) is 5.01. The van der Waals surface area contributed by atoms with E-state index in [1.807, 2.05) is 55.5 Å². The number of halogens is 1. The van der Waals surface area contributed by atoms with Crippen molar-refractivity contribution in [2.75, 3.05) is 6.73 Å². The molecule has 0 N–H and O–H groups in total. The van der Waals surface area contributed by atoms with E-state index in [0.29, 0.717) is 36.8 Å². The second-order valence-corrected chi connectivity index (χ2v) is 7.82. The van der Waals surface area contributed by atoms with E-state index >= 15 is 0 Å². The number of carbonyl (C=O) groups excluding carboxylic acids is 1. The number of rotatable bonds is 3. The van der Waals surface area contributed by atoms with Gasteiger partial charge in [-0.25, -0.2) is 0 Å². The van der Waals surface area contributed by atoms with Gasteiger partial charge in [0, 0.05) is 41.5 Å². The van der Waals surface area contributed by atoms with Gasteiger partial charge in [0.25, 0.3) is 0 Å². The first-order valence-corrected chi connectivity index (χ1v) is 10.1. The lowest BCUT2D eigenvalue weighted by Gasteiger charge is -2.30. The molecular formula is C24H19ClN2O3. The highest BCUT2D eigenvalue weighted by molar-refractivity contribution is 6.31. The molecule has 30 heavy (non-hydrogen) atoms. The summed E-state index contributed by atoms with van der Waals surface area (Å²) in [6, 6.07) is 15.2. The molecule has 2 aliphatic rings. The van der Waals surface area contributed by atoms with Gasteiger partial charge >= 0.3 is 0 Å². The van der Waals surface area contributed by atoms with Crippen molar-refractivity contribution >= 4 is 23.5 Å². The van der Waals surface area contributed by atoms with E-state index in [1.54, 1.807) is 12.3 Å². The number of hydrogen-bond donors (Lipinski definition) is 0. The molecule has 0 unspecified atom stereocenters. The first-order valence-electron chi connectivity index (χ1n) is 9.70. The minimum Gasteiger partial charge on any atom is -0.477 e. The van der Waals surface area contributed by atoms with Gasteiger partial charge in [-0.1, -0.05) is 35.9 Å². The summed E-state index contributed by atoms with van der Waals surface area (Å²) in [6.45, 7) is 3.71. The lowest BCUT2D eigenvalue weighted by Crippen LogP contribution is -2.32. The summed E-state index contributed by atoms with van der Waals surface area (Å²) in [6.07, 6.45) is 3.36. The lowest BCUT2D eigenvalue weighted by molar-refractivity contribution is 0.0877. The van der Waals surface area contributed by atoms with Gasteiger partial charge in [-0.05, 0) is 36.8 Å². The maximum Gasteiger partial charge on any atom is 0.232 e. The highest BCUT2D eigenvalue weighted by Gasteiger charge is 2.33. The summed E-state index contributed by atoms with van der Waals surface area (Å²) >= 11 is 6.31. The van der Waals surface area contributed by atoms with Crippen LogP contribution in [0.5, 0.6) is 11.5 Å². The van der Waals surface area contributed by atoms with Gasteiger partial charge in [-0.15, -0.1) is 0 Å². The molecule has 0 bridgehead atoms. The van der Waals surface area contributed by atoms with Crippen molar-refractivity contribution in [1.29, 1.82) is 0 Å². The van der Waals surface area contributed by atoms with Gasteiger partial charge in [0.2, 0.25) is 5.78 Å². The van der Waals surface area contributed by atoms with Crippen molar-refractivity contribution in [1.82, 2.24) is 9.88 Å². The van der Waals surface area contributed by atoms with Crippen LogP contribution in [0.3, 0.4) is 0 Å². The normalized spacial score (nSPS) is 16.7. The fourth-order valence-electron chi connectivity index (χ4n) is 3.86. The van der Waals surface area contributed by atoms with Crippen LogP contribution in [0.4, 0.5) is 0 Å². The number of allylic oxidation sites excluding steroid dienone is 1. The zero-order valence-corrected chi connectivity index (χ0v) is 17.1. The first kappa shape index (κ1) is 18.9. The van der Waals surface area contributed by atoms with Crippen molar-refractivity contribution in [2.45, 2.75) is 20.0 Å². The Morgan fingerprint density at radius 1 is 1.17 bits per heavy atom. The zero-order chi connectivity index (χ0) is 20.7. The number of ketones is 1. The van der Waals surface area contributed by atoms with Crippen LogP contribution in [0.2, 0.25) is 5.02 Å². The Morgan fingerprint density at radius 3 is 2.80 bits per heavy atom. The number of carbonyl (C=O) groups is 1. The van der Waals surface area contributed by atoms with Crippen LogP contribution in [0, 0.1) is 6.92 Å². The molecule has 0 spiro atoms. The Kier molecular flexibility index (Phi) is 4.77. The Hall–Kier alpha value is -3.15. The maximum absolute atomic E-state index is 13.0. The van der Waals surface area contributed by atoms with Crippen molar-refractivity contribution in [3.05, 3.63) is 93.5 Å². The van der Waals surface area contributed by atoms with Crippen LogP contribution >= 0.6 is 11.6 Å². The summed E-state index contributed by atoms with van der Waals surface area (Å²) in [4.78, 5) is 19.4. The van der Waals surface area contributed by atoms with E-state index in [1.165, 1.54) is 0 Å². The quantitative estimate of drug-likeness (QED) is 0.559. The number of aromatic nitrogens is 1. The fourth-order valence-corrected chi connectivity index (χ4v) is 4.06. The number of fused-ring (bicyclic) bond motifs is 2. The topological polar surface area (TPSA) is 51.7 Å². The van der Waals surface area contributed by atoms with Gasteiger partial charge < -0.3 is 9.47 Å². The van der Waals surface area contributed by atoms with Crippen LogP contribution in [0.1, 0.15) is 32.7 Å². The van der Waals surface area contributed by atoms with Crippen LogP contribution in [0.25, 0.3) is 6.08 Å². The molecule has 5 rings (SSSR count). The number of benzene rings is 2. The second kappa shape index (κ2) is 7.59. The minimum atomic E-state index is -0.134. The van der Waals surface area contributed by atoms with Gasteiger partial charge in [0.15, 0.2) is 5.76 Å². The van der Waals surface area contributed by atoms with Crippen LogP contribution in [-0.2, 0) is 13.1 Å². The molecule has 0 atom stereocenters. The van der Waals surface area contributed by atoms with E-state index in [4.69, 9.17) is 21.1 Å². The molecule has 0 amide bonds. The standard InChI is InChI=1S/C24H19ClN2O3/c1-15-23-17(13-27(14-29-23)12-16-6-2-3-8-20(16)25)10-19-22(28)21(30-24(15)19)11-18-7-4-5-9-26-18/h2-11H,12-14H2,1H3/b21-11-. The number of hydrogen-bond acceptors (Lipinski definition) is 5. The molecule has 0 saturated heterocycles. The highest BCUT2D eigenvalue weighted by Crippen LogP contribution is 2.43. The smallest absolute Gasteiger partial charge is 0.232 e. The van der Waals surface area contributed by atoms with Crippen molar-refractivity contribution in [3.63, 3.8) is 0 Å². The highest BCUT2D eigenvalue weighted by atomic mass is 35.5. The van der Waals surface area contributed by atoms with Crippen LogP contribution < -0.4 is 9.47 Å². The lowest BCUT2D eigenvalue weighted by atomic mass is 10.00. The van der Waals surface area contributed by atoms with E-state index in [9.17, 15) is 4.79 Å². The first-order chi connectivity index (χ1) is 14.6. The molecule has 0 aliphatic carbocycles. The summed E-state index contributed by atoms with van der Waals surface area (Å²) in [5.74, 6) is 1.50. The predicted molar refractivity (Wildman–Crippen MR) is 115 cm³/mol. The molecule has 3 aromatic rings. The van der Waals surface area contributed by atoms with Crippen LogP contribution in [0.15, 0.2) is 60.5 Å². The maximum atomic E-state index is 13.0. The molecule has 6 heteroatoms. The van der Waals surface area contributed by atoms with Gasteiger partial charge in [0.1, 0.15) is 18.2 Å². The third-order valence-corrected chi connectivity index (χ3v) is 5.69. The van der Waals surface area contributed by atoms with Crippen molar-refractivity contribution in [2.24, 2.45) is 0 Å². The van der Waals surface area contributed by atoms with E-state index in [0.717, 1.165) is 27.5 Å². The monoisotopic (exact) mass is 418 g/mol. The fraction of sp³-hybridized carbons (Fsp3) is 0.167. The molecule has 0 fully saturated rings. The van der Waals surface area contributed by atoms with E-state index in [-0.39, 0.29) is 11.5 Å².